The molecular weight excluding hydrogens is 220 g/mol. The molecule has 0 saturated heterocycles. The highest BCUT2D eigenvalue weighted by Crippen LogP contribution is 2.15. The van der Waals surface area contributed by atoms with Crippen LogP contribution in [-0.4, -0.2) is 10.9 Å². The fourth-order valence-corrected chi connectivity index (χ4v) is 2.03. The van der Waals surface area contributed by atoms with Gasteiger partial charge < -0.3 is 5.32 Å². The third-order valence-corrected chi connectivity index (χ3v) is 3.16. The quantitative estimate of drug-likeness (QED) is 0.884. The van der Waals surface area contributed by atoms with Crippen molar-refractivity contribution < 1.29 is 4.79 Å². The lowest BCUT2D eigenvalue weighted by Crippen LogP contribution is -2.26. The van der Waals surface area contributed by atoms with Crippen LogP contribution in [-0.2, 0) is 0 Å². The second-order valence-electron chi connectivity index (χ2n) is 3.43. The van der Waals surface area contributed by atoms with Gasteiger partial charge >= 0.3 is 0 Å². The smallest absolute Gasteiger partial charge is 0.251 e. The fourth-order valence-electron chi connectivity index (χ4n) is 1.38. The highest BCUT2D eigenvalue weighted by molar-refractivity contribution is 7.09. The minimum atomic E-state index is -0.0664. The highest BCUT2D eigenvalue weighted by atomic mass is 32.1. The largest absolute Gasteiger partial charge is 0.343 e. The zero-order chi connectivity index (χ0) is 11.4. The van der Waals surface area contributed by atoms with Crippen LogP contribution in [0.5, 0.6) is 0 Å². The van der Waals surface area contributed by atoms with Crippen LogP contribution in [0, 0.1) is 0 Å². The molecule has 0 spiro atoms. The lowest BCUT2D eigenvalue weighted by Gasteiger charge is -2.10. The minimum Gasteiger partial charge on any atom is -0.343 e. The Morgan fingerprint density at radius 2 is 2.12 bits per heavy atom. The number of hydrogen-bond acceptors (Lipinski definition) is 3. The van der Waals surface area contributed by atoms with Crippen LogP contribution in [0.3, 0.4) is 0 Å². The standard InChI is InChI=1S/C12H12N2OS/c1-9(12-13-7-8-16-12)14-11(15)10-5-3-2-4-6-10/h2-9H,1H3,(H,14,15). The summed E-state index contributed by atoms with van der Waals surface area (Å²) in [5.41, 5.74) is 0.672. The number of benzene rings is 1. The summed E-state index contributed by atoms with van der Waals surface area (Å²) in [5, 5.41) is 5.73. The van der Waals surface area contributed by atoms with Crippen molar-refractivity contribution in [2.75, 3.05) is 0 Å². The number of rotatable bonds is 3. The van der Waals surface area contributed by atoms with E-state index in [0.29, 0.717) is 5.56 Å². The van der Waals surface area contributed by atoms with E-state index in [0.717, 1.165) is 5.01 Å². The number of aromatic nitrogens is 1. The number of carbonyl (C=O) groups is 1. The number of nitrogens with one attached hydrogen (secondary N) is 1. The van der Waals surface area contributed by atoms with Gasteiger partial charge in [0.25, 0.3) is 5.91 Å². The molecule has 0 bridgehead atoms. The van der Waals surface area contributed by atoms with Gasteiger partial charge in [-0.3, -0.25) is 4.79 Å². The molecule has 1 amide bonds. The number of hydrogen-bond donors (Lipinski definition) is 1. The van der Waals surface area contributed by atoms with Crippen molar-refractivity contribution in [3.05, 3.63) is 52.5 Å². The Morgan fingerprint density at radius 3 is 2.75 bits per heavy atom. The van der Waals surface area contributed by atoms with E-state index in [4.69, 9.17) is 0 Å². The highest BCUT2D eigenvalue weighted by Gasteiger charge is 2.12. The summed E-state index contributed by atoms with van der Waals surface area (Å²) in [5.74, 6) is -0.0664. The predicted octanol–water partition coefficient (Wildman–Crippen LogP) is 2.63. The Labute approximate surface area is 98.2 Å². The first-order valence-corrected chi connectivity index (χ1v) is 5.90. The Balaban J connectivity index is 2.03. The van der Waals surface area contributed by atoms with E-state index < -0.39 is 0 Å². The van der Waals surface area contributed by atoms with Crippen LogP contribution < -0.4 is 5.32 Å². The molecule has 0 fully saturated rings. The second kappa shape index (κ2) is 4.90. The van der Waals surface area contributed by atoms with E-state index in [1.54, 1.807) is 29.7 Å². The zero-order valence-electron chi connectivity index (χ0n) is 8.88. The SMILES string of the molecule is CC(NC(=O)c1ccccc1)c1nccs1. The fraction of sp³-hybridized carbons (Fsp3) is 0.167. The maximum Gasteiger partial charge on any atom is 0.251 e. The van der Waals surface area contributed by atoms with E-state index in [1.807, 2.05) is 30.5 Å². The van der Waals surface area contributed by atoms with Crippen molar-refractivity contribution in [3.63, 3.8) is 0 Å². The van der Waals surface area contributed by atoms with E-state index in [9.17, 15) is 4.79 Å². The van der Waals surface area contributed by atoms with Crippen LogP contribution >= 0.6 is 11.3 Å². The van der Waals surface area contributed by atoms with Gasteiger partial charge in [0.05, 0.1) is 6.04 Å². The van der Waals surface area contributed by atoms with Crippen molar-refractivity contribution in [1.29, 1.82) is 0 Å². The molecule has 1 heterocycles. The molecule has 1 atom stereocenters. The Bertz CT molecular complexity index is 453. The van der Waals surface area contributed by atoms with Crippen LogP contribution in [0.1, 0.15) is 28.3 Å². The molecule has 0 aliphatic carbocycles. The van der Waals surface area contributed by atoms with E-state index in [1.165, 1.54) is 0 Å². The topological polar surface area (TPSA) is 42.0 Å². The monoisotopic (exact) mass is 232 g/mol. The summed E-state index contributed by atoms with van der Waals surface area (Å²) < 4.78 is 0. The van der Waals surface area contributed by atoms with Crippen molar-refractivity contribution in [3.8, 4) is 0 Å². The van der Waals surface area contributed by atoms with Crippen LogP contribution in [0.2, 0.25) is 0 Å². The molecule has 2 rings (SSSR count). The van der Waals surface area contributed by atoms with E-state index >= 15 is 0 Å². The van der Waals surface area contributed by atoms with Gasteiger partial charge in [-0.25, -0.2) is 4.98 Å². The molecule has 1 aromatic heterocycles. The predicted molar refractivity (Wildman–Crippen MR) is 64.4 cm³/mol. The summed E-state index contributed by atoms with van der Waals surface area (Å²) in [6.07, 6.45) is 1.74. The summed E-state index contributed by atoms with van der Waals surface area (Å²) in [6.45, 7) is 1.93. The first-order valence-electron chi connectivity index (χ1n) is 5.02. The van der Waals surface area contributed by atoms with Gasteiger partial charge in [0, 0.05) is 17.1 Å². The molecule has 1 N–H and O–H groups in total. The number of thiazole rings is 1. The molecule has 4 heteroatoms. The zero-order valence-corrected chi connectivity index (χ0v) is 9.70. The molecule has 16 heavy (non-hydrogen) atoms. The first kappa shape index (κ1) is 10.8. The first-order chi connectivity index (χ1) is 7.77. The molecule has 82 valence electrons. The molecule has 2 aromatic rings. The van der Waals surface area contributed by atoms with Crippen molar-refractivity contribution in [1.82, 2.24) is 10.3 Å². The third-order valence-electron chi connectivity index (χ3n) is 2.21. The van der Waals surface area contributed by atoms with E-state index in [-0.39, 0.29) is 11.9 Å². The van der Waals surface area contributed by atoms with Crippen LogP contribution in [0.4, 0.5) is 0 Å². The summed E-state index contributed by atoms with van der Waals surface area (Å²) in [6, 6.07) is 9.13. The van der Waals surface area contributed by atoms with Crippen molar-refractivity contribution >= 4 is 17.2 Å². The van der Waals surface area contributed by atoms with Crippen molar-refractivity contribution in [2.24, 2.45) is 0 Å². The van der Waals surface area contributed by atoms with Gasteiger partial charge in [-0.15, -0.1) is 11.3 Å². The molecule has 0 aliphatic heterocycles. The molecule has 0 aliphatic rings. The maximum absolute atomic E-state index is 11.8. The molecule has 0 radical (unpaired) electrons. The number of amides is 1. The maximum atomic E-state index is 11.8. The Kier molecular flexibility index (Phi) is 3.31. The van der Waals surface area contributed by atoms with Gasteiger partial charge in [-0.05, 0) is 19.1 Å². The molecule has 1 aromatic carbocycles. The van der Waals surface area contributed by atoms with Gasteiger partial charge in [-0.2, -0.15) is 0 Å². The molecule has 0 saturated carbocycles. The second-order valence-corrected chi connectivity index (χ2v) is 4.36. The lowest BCUT2D eigenvalue weighted by atomic mass is 10.2. The third kappa shape index (κ3) is 2.46. The Hall–Kier alpha value is -1.68. The van der Waals surface area contributed by atoms with Gasteiger partial charge in [0.15, 0.2) is 0 Å². The molecule has 1 unspecified atom stereocenters. The van der Waals surface area contributed by atoms with Crippen molar-refractivity contribution in [2.45, 2.75) is 13.0 Å². The number of nitrogens with zero attached hydrogens (tertiary/aromatic N) is 1. The van der Waals surface area contributed by atoms with E-state index in [2.05, 4.69) is 10.3 Å². The normalized spacial score (nSPS) is 12.1. The van der Waals surface area contributed by atoms with Gasteiger partial charge in [-0.1, -0.05) is 18.2 Å². The average Bonchev–Trinajstić information content (AvgIpc) is 2.83. The van der Waals surface area contributed by atoms with Crippen LogP contribution in [0.15, 0.2) is 41.9 Å². The van der Waals surface area contributed by atoms with Crippen LogP contribution in [0.25, 0.3) is 0 Å². The Morgan fingerprint density at radius 1 is 1.38 bits per heavy atom. The van der Waals surface area contributed by atoms with Gasteiger partial charge in [0.2, 0.25) is 0 Å². The van der Waals surface area contributed by atoms with Gasteiger partial charge in [0.1, 0.15) is 5.01 Å². The summed E-state index contributed by atoms with van der Waals surface area (Å²) in [7, 11) is 0. The average molecular weight is 232 g/mol. The minimum absolute atomic E-state index is 0.0484. The molecular formula is C12H12N2OS. The lowest BCUT2D eigenvalue weighted by molar-refractivity contribution is 0.0940. The number of carbonyl (C=O) groups excluding carboxylic acids is 1. The molecule has 3 nitrogen and oxygen atoms in total. The summed E-state index contributed by atoms with van der Waals surface area (Å²) in [4.78, 5) is 16.0. The summed E-state index contributed by atoms with van der Waals surface area (Å²) >= 11 is 1.54.